The molecule has 6 nitrogen and oxygen atoms in total. The Kier molecular flexibility index (Phi) is 2.16. The Morgan fingerprint density at radius 3 is 2.67 bits per heavy atom. The number of para-hydroxylation sites is 1. The summed E-state index contributed by atoms with van der Waals surface area (Å²) in [5.41, 5.74) is 0.768. The summed E-state index contributed by atoms with van der Waals surface area (Å²) >= 11 is 0. The molecule has 2 heterocycles. The fourth-order valence-electron chi connectivity index (χ4n) is 1.91. The first-order chi connectivity index (χ1) is 8.66. The lowest BCUT2D eigenvalue weighted by atomic mass is 10.2. The maximum Gasteiger partial charge on any atom is 0.357 e. The van der Waals surface area contributed by atoms with Crippen molar-refractivity contribution in [1.29, 1.82) is 0 Å². The Morgan fingerprint density at radius 1 is 1.22 bits per heavy atom. The second-order valence-corrected chi connectivity index (χ2v) is 3.93. The van der Waals surface area contributed by atoms with Gasteiger partial charge in [0.05, 0.1) is 5.52 Å². The van der Waals surface area contributed by atoms with Crippen molar-refractivity contribution in [2.24, 2.45) is 7.05 Å². The van der Waals surface area contributed by atoms with E-state index in [1.807, 2.05) is 12.1 Å². The van der Waals surface area contributed by atoms with Crippen LogP contribution in [0.3, 0.4) is 0 Å². The number of carboxylic acids is 1. The van der Waals surface area contributed by atoms with Gasteiger partial charge in [0.25, 0.3) is 0 Å². The van der Waals surface area contributed by atoms with Crippen LogP contribution in [0, 0.1) is 0 Å². The highest BCUT2D eigenvalue weighted by Crippen LogP contribution is 2.21. The average molecular weight is 242 g/mol. The fourth-order valence-corrected chi connectivity index (χ4v) is 1.91. The van der Waals surface area contributed by atoms with Gasteiger partial charge in [-0.05, 0) is 6.07 Å². The number of carbonyl (C=O) groups is 1. The first-order valence-corrected chi connectivity index (χ1v) is 5.38. The number of hydrogen-bond donors (Lipinski definition) is 1. The zero-order valence-corrected chi connectivity index (χ0v) is 9.61. The molecule has 0 aliphatic heterocycles. The smallest absolute Gasteiger partial charge is 0.357 e. The van der Waals surface area contributed by atoms with Crippen LogP contribution in [0.15, 0.2) is 36.5 Å². The van der Waals surface area contributed by atoms with Crippen LogP contribution in [-0.2, 0) is 7.05 Å². The second-order valence-electron chi connectivity index (χ2n) is 3.93. The molecule has 0 radical (unpaired) electrons. The molecule has 90 valence electrons. The van der Waals surface area contributed by atoms with Crippen molar-refractivity contribution in [2.75, 3.05) is 0 Å². The Bertz CT molecular complexity index is 741. The van der Waals surface area contributed by atoms with E-state index < -0.39 is 5.97 Å². The lowest BCUT2D eigenvalue weighted by Gasteiger charge is -1.97. The predicted molar refractivity (Wildman–Crippen MR) is 64.8 cm³/mol. The molecule has 0 saturated heterocycles. The molecular weight excluding hydrogens is 232 g/mol. The molecule has 18 heavy (non-hydrogen) atoms. The highest BCUT2D eigenvalue weighted by Gasteiger charge is 2.17. The molecule has 0 aliphatic rings. The van der Waals surface area contributed by atoms with Gasteiger partial charge in [0.15, 0.2) is 11.5 Å². The predicted octanol–water partition coefficient (Wildman–Crippen LogP) is 1.46. The molecule has 3 rings (SSSR count). The van der Waals surface area contributed by atoms with Gasteiger partial charge in [-0.15, -0.1) is 0 Å². The maximum atomic E-state index is 11.2. The summed E-state index contributed by atoms with van der Waals surface area (Å²) in [7, 11) is 1.80. The van der Waals surface area contributed by atoms with E-state index in [9.17, 15) is 4.79 Å². The molecular formula is C12H10N4O2. The van der Waals surface area contributed by atoms with Gasteiger partial charge in [-0.3, -0.25) is 4.68 Å². The van der Waals surface area contributed by atoms with Crippen molar-refractivity contribution >= 4 is 16.9 Å². The van der Waals surface area contributed by atoms with E-state index in [-0.39, 0.29) is 5.69 Å². The monoisotopic (exact) mass is 242 g/mol. The van der Waals surface area contributed by atoms with Crippen molar-refractivity contribution in [3.63, 3.8) is 0 Å². The molecule has 2 aromatic heterocycles. The van der Waals surface area contributed by atoms with Crippen LogP contribution in [-0.4, -0.2) is 30.6 Å². The maximum absolute atomic E-state index is 11.2. The number of rotatable bonds is 2. The van der Waals surface area contributed by atoms with Crippen LogP contribution in [0.4, 0.5) is 0 Å². The molecule has 0 fully saturated rings. The van der Waals surface area contributed by atoms with Gasteiger partial charge < -0.3 is 5.11 Å². The minimum atomic E-state index is -1.04. The summed E-state index contributed by atoms with van der Waals surface area (Å²) in [5.74, 6) is -0.443. The summed E-state index contributed by atoms with van der Waals surface area (Å²) in [6.45, 7) is 0. The third-order valence-corrected chi connectivity index (χ3v) is 2.71. The Hall–Kier alpha value is -2.63. The SMILES string of the molecule is Cn1ccc(-n2nc(C(=O)O)c3ccccc32)n1. The standard InChI is InChI=1S/C12H10N4O2/c1-15-7-6-10(13-15)16-9-5-3-2-4-8(9)11(14-16)12(17)18/h2-7H,1H3,(H,17,18). The fraction of sp³-hybridized carbons (Fsp3) is 0.0833. The molecule has 0 spiro atoms. The number of nitrogens with zero attached hydrogens (tertiary/aromatic N) is 4. The highest BCUT2D eigenvalue weighted by molar-refractivity contribution is 6.01. The molecule has 0 atom stereocenters. The lowest BCUT2D eigenvalue weighted by molar-refractivity contribution is 0.0692. The summed E-state index contributed by atoms with van der Waals surface area (Å²) in [5, 5.41) is 18.1. The molecule has 0 amide bonds. The Balaban J connectivity index is 2.33. The van der Waals surface area contributed by atoms with E-state index in [0.717, 1.165) is 5.52 Å². The van der Waals surface area contributed by atoms with Gasteiger partial charge in [-0.1, -0.05) is 18.2 Å². The number of carboxylic acid groups (broad SMARTS) is 1. The van der Waals surface area contributed by atoms with Crippen molar-refractivity contribution in [1.82, 2.24) is 19.6 Å². The summed E-state index contributed by atoms with van der Waals surface area (Å²) in [6, 6.07) is 8.98. The number of fused-ring (bicyclic) bond motifs is 1. The summed E-state index contributed by atoms with van der Waals surface area (Å²) < 4.78 is 3.19. The molecule has 0 bridgehead atoms. The van der Waals surface area contributed by atoms with E-state index in [2.05, 4.69) is 10.2 Å². The average Bonchev–Trinajstić information content (AvgIpc) is 2.92. The zero-order valence-electron chi connectivity index (χ0n) is 9.61. The van der Waals surface area contributed by atoms with E-state index in [0.29, 0.717) is 11.2 Å². The van der Waals surface area contributed by atoms with Crippen LogP contribution in [0.2, 0.25) is 0 Å². The second kappa shape index (κ2) is 3.69. The third kappa shape index (κ3) is 1.46. The largest absolute Gasteiger partial charge is 0.476 e. The van der Waals surface area contributed by atoms with E-state index in [4.69, 9.17) is 5.11 Å². The minimum absolute atomic E-state index is 0.0382. The highest BCUT2D eigenvalue weighted by atomic mass is 16.4. The Labute approximate surface area is 102 Å². The molecule has 6 heteroatoms. The molecule has 1 aromatic carbocycles. The van der Waals surface area contributed by atoms with Gasteiger partial charge in [0.1, 0.15) is 0 Å². The van der Waals surface area contributed by atoms with Crippen LogP contribution in [0.25, 0.3) is 16.7 Å². The van der Waals surface area contributed by atoms with Gasteiger partial charge in [-0.25, -0.2) is 9.48 Å². The van der Waals surface area contributed by atoms with Crippen molar-refractivity contribution in [3.05, 3.63) is 42.2 Å². The normalized spacial score (nSPS) is 10.9. The summed E-state index contributed by atoms with van der Waals surface area (Å²) in [4.78, 5) is 11.2. The van der Waals surface area contributed by atoms with E-state index in [1.54, 1.807) is 40.8 Å². The Morgan fingerprint density at radius 2 is 2.00 bits per heavy atom. The number of aromatic carboxylic acids is 1. The number of aromatic nitrogens is 4. The third-order valence-electron chi connectivity index (χ3n) is 2.71. The van der Waals surface area contributed by atoms with Gasteiger partial charge in [-0.2, -0.15) is 10.2 Å². The quantitative estimate of drug-likeness (QED) is 0.738. The first kappa shape index (κ1) is 10.5. The molecule has 0 unspecified atom stereocenters. The molecule has 0 saturated carbocycles. The van der Waals surface area contributed by atoms with Crippen molar-refractivity contribution in [3.8, 4) is 5.82 Å². The van der Waals surface area contributed by atoms with E-state index >= 15 is 0 Å². The van der Waals surface area contributed by atoms with Crippen molar-refractivity contribution in [2.45, 2.75) is 0 Å². The van der Waals surface area contributed by atoms with Crippen LogP contribution in [0.1, 0.15) is 10.5 Å². The lowest BCUT2D eigenvalue weighted by Crippen LogP contribution is -2.02. The number of benzene rings is 1. The van der Waals surface area contributed by atoms with Crippen LogP contribution < -0.4 is 0 Å². The molecule has 1 N–H and O–H groups in total. The van der Waals surface area contributed by atoms with Crippen LogP contribution >= 0.6 is 0 Å². The van der Waals surface area contributed by atoms with Gasteiger partial charge in [0.2, 0.25) is 0 Å². The molecule has 3 aromatic rings. The van der Waals surface area contributed by atoms with Gasteiger partial charge >= 0.3 is 5.97 Å². The topological polar surface area (TPSA) is 72.9 Å². The number of hydrogen-bond acceptors (Lipinski definition) is 3. The van der Waals surface area contributed by atoms with Gasteiger partial charge in [0, 0.05) is 24.7 Å². The first-order valence-electron chi connectivity index (χ1n) is 5.38. The van der Waals surface area contributed by atoms with E-state index in [1.165, 1.54) is 0 Å². The zero-order chi connectivity index (χ0) is 12.7. The van der Waals surface area contributed by atoms with Crippen LogP contribution in [0.5, 0.6) is 0 Å². The minimum Gasteiger partial charge on any atom is -0.476 e. The van der Waals surface area contributed by atoms with Crippen molar-refractivity contribution < 1.29 is 9.90 Å². The summed E-state index contributed by atoms with van der Waals surface area (Å²) in [6.07, 6.45) is 1.78. The molecule has 0 aliphatic carbocycles. The number of aryl methyl sites for hydroxylation is 1.